The minimum absolute atomic E-state index is 0. The third kappa shape index (κ3) is 6.12. The minimum atomic E-state index is -4.69. The largest absolute Gasteiger partial charge is 0.479 e. The average Bonchev–Trinajstić information content (AvgIpc) is 2.55. The number of alkyl halides is 3. The summed E-state index contributed by atoms with van der Waals surface area (Å²) in [7, 11) is 0. The Labute approximate surface area is 173 Å². The van der Waals surface area contributed by atoms with Crippen LogP contribution in [-0.2, 0) is 11.0 Å². The predicted molar refractivity (Wildman–Crippen MR) is 91.3 cm³/mol. The summed E-state index contributed by atoms with van der Waals surface area (Å²) in [6.07, 6.45) is -5.76. The molecule has 0 spiro atoms. The number of carbonyl (C=O) groups is 1. The zero-order valence-electron chi connectivity index (χ0n) is 14.3. The molecule has 27 heavy (non-hydrogen) atoms. The molecule has 11 heteroatoms. The Morgan fingerprint density at radius 2 is 1.81 bits per heavy atom. The summed E-state index contributed by atoms with van der Waals surface area (Å²) >= 11 is 0. The summed E-state index contributed by atoms with van der Waals surface area (Å²) in [5, 5.41) is 22.5. The van der Waals surface area contributed by atoms with E-state index in [-0.39, 0.29) is 41.0 Å². The van der Waals surface area contributed by atoms with Gasteiger partial charge >= 0.3 is 12.1 Å². The Morgan fingerprint density at radius 1 is 1.22 bits per heavy atom. The third-order valence-corrected chi connectivity index (χ3v) is 3.32. The van der Waals surface area contributed by atoms with Gasteiger partial charge < -0.3 is 15.2 Å². The normalized spacial score (nSPS) is 11.9. The molecule has 0 fully saturated rings. The standard InChI is InChI=1S/C16H13F3N2O5.Na/c1-9(15(22)23)26-12-5-3-11(4-6-12)20-13-7-2-10(16(17,18)19)8-14(13)21(24)25;/h2-9,20H,1H3,(H,22,23);. The topological polar surface area (TPSA) is 102 Å². The molecule has 2 rings (SSSR count). The SMILES string of the molecule is CC(Oc1ccc(Nc2ccc(C(F)(F)F)cc2[N+](=O)[O-])cc1)C(=O)O.[Na]. The molecule has 2 aromatic carbocycles. The van der Waals surface area contributed by atoms with E-state index >= 15 is 0 Å². The number of benzene rings is 2. The number of ether oxygens (including phenoxy) is 1. The van der Waals surface area contributed by atoms with E-state index in [1.54, 1.807) is 0 Å². The number of halogens is 3. The van der Waals surface area contributed by atoms with E-state index in [0.29, 0.717) is 11.8 Å². The summed E-state index contributed by atoms with van der Waals surface area (Å²) < 4.78 is 43.2. The number of carboxylic acids is 1. The fraction of sp³-hybridized carbons (Fsp3) is 0.188. The molecule has 1 atom stereocenters. The number of hydrogen-bond donors (Lipinski definition) is 2. The monoisotopic (exact) mass is 393 g/mol. The molecule has 2 aromatic rings. The first-order valence-corrected chi connectivity index (χ1v) is 7.20. The number of nitro benzene ring substituents is 1. The number of anilines is 2. The number of hydrogen-bond acceptors (Lipinski definition) is 5. The smallest absolute Gasteiger partial charge is 0.416 e. The summed E-state index contributed by atoms with van der Waals surface area (Å²) in [6.45, 7) is 1.35. The second-order valence-corrected chi connectivity index (χ2v) is 5.23. The fourth-order valence-electron chi connectivity index (χ4n) is 1.99. The van der Waals surface area contributed by atoms with Crippen LogP contribution in [0.25, 0.3) is 0 Å². The van der Waals surface area contributed by atoms with Crippen LogP contribution in [0, 0.1) is 10.1 Å². The first-order chi connectivity index (χ1) is 12.1. The van der Waals surface area contributed by atoms with E-state index in [1.165, 1.54) is 31.2 Å². The summed E-state index contributed by atoms with van der Waals surface area (Å²) in [5.74, 6) is -0.889. The molecule has 0 saturated carbocycles. The minimum Gasteiger partial charge on any atom is -0.479 e. The molecule has 0 aliphatic rings. The molecule has 0 amide bonds. The third-order valence-electron chi connectivity index (χ3n) is 3.32. The maximum atomic E-state index is 12.7. The summed E-state index contributed by atoms with van der Waals surface area (Å²) in [5.41, 5.74) is -1.61. The second kappa shape index (κ2) is 9.07. The van der Waals surface area contributed by atoms with Gasteiger partial charge in [0.1, 0.15) is 11.4 Å². The van der Waals surface area contributed by atoms with Gasteiger partial charge in [0.25, 0.3) is 5.69 Å². The van der Waals surface area contributed by atoms with Gasteiger partial charge in [-0.3, -0.25) is 10.1 Å². The number of carboxylic acid groups (broad SMARTS) is 1. The van der Waals surface area contributed by atoms with Crippen molar-refractivity contribution in [1.82, 2.24) is 0 Å². The first kappa shape index (κ1) is 22.7. The Balaban J connectivity index is 0.00000364. The van der Waals surface area contributed by atoms with Crippen LogP contribution in [0.5, 0.6) is 5.75 Å². The van der Waals surface area contributed by atoms with Crippen LogP contribution in [-0.4, -0.2) is 51.7 Å². The molecule has 7 nitrogen and oxygen atoms in total. The van der Waals surface area contributed by atoms with Gasteiger partial charge in [0.15, 0.2) is 6.10 Å². The molecular formula is C16H13F3N2NaO5. The number of nitrogens with one attached hydrogen (secondary N) is 1. The molecular weight excluding hydrogens is 380 g/mol. The second-order valence-electron chi connectivity index (χ2n) is 5.23. The zero-order valence-corrected chi connectivity index (χ0v) is 16.3. The molecule has 2 N–H and O–H groups in total. The Morgan fingerprint density at radius 3 is 2.30 bits per heavy atom. The maximum absolute atomic E-state index is 12.7. The van der Waals surface area contributed by atoms with Crippen LogP contribution in [0.2, 0.25) is 0 Å². The van der Waals surface area contributed by atoms with Gasteiger partial charge in [-0.15, -0.1) is 0 Å². The van der Waals surface area contributed by atoms with Gasteiger partial charge in [-0.25, -0.2) is 4.79 Å². The van der Waals surface area contributed by atoms with Gasteiger partial charge in [0.2, 0.25) is 0 Å². The molecule has 1 unspecified atom stereocenters. The summed E-state index contributed by atoms with van der Waals surface area (Å²) in [4.78, 5) is 20.9. The predicted octanol–water partition coefficient (Wildman–Crippen LogP) is 3.83. The Hall–Kier alpha value is -2.30. The van der Waals surface area contributed by atoms with Crippen LogP contribution in [0.4, 0.5) is 30.2 Å². The van der Waals surface area contributed by atoms with Crippen LogP contribution >= 0.6 is 0 Å². The molecule has 0 bridgehead atoms. The van der Waals surface area contributed by atoms with E-state index in [2.05, 4.69) is 5.32 Å². The van der Waals surface area contributed by atoms with Crippen LogP contribution < -0.4 is 10.1 Å². The van der Waals surface area contributed by atoms with Crippen molar-refractivity contribution >= 4 is 52.6 Å². The van der Waals surface area contributed by atoms with Gasteiger partial charge in [-0.05, 0) is 43.3 Å². The van der Waals surface area contributed by atoms with E-state index < -0.39 is 34.4 Å². The molecule has 0 aliphatic heterocycles. The maximum Gasteiger partial charge on any atom is 0.416 e. The van der Waals surface area contributed by atoms with Crippen LogP contribution in [0.3, 0.4) is 0 Å². The molecule has 0 aromatic heterocycles. The van der Waals surface area contributed by atoms with Gasteiger partial charge in [0, 0.05) is 41.3 Å². The van der Waals surface area contributed by atoms with Crippen molar-refractivity contribution < 1.29 is 32.7 Å². The van der Waals surface area contributed by atoms with E-state index in [4.69, 9.17) is 9.84 Å². The van der Waals surface area contributed by atoms with Gasteiger partial charge in [-0.2, -0.15) is 13.2 Å². The number of aliphatic carboxylic acids is 1. The molecule has 0 saturated heterocycles. The van der Waals surface area contributed by atoms with Crippen molar-refractivity contribution in [3.05, 3.63) is 58.1 Å². The van der Waals surface area contributed by atoms with E-state index in [1.807, 2.05) is 0 Å². The van der Waals surface area contributed by atoms with Gasteiger partial charge in [-0.1, -0.05) is 0 Å². The van der Waals surface area contributed by atoms with Crippen molar-refractivity contribution in [2.45, 2.75) is 19.2 Å². The van der Waals surface area contributed by atoms with Crippen molar-refractivity contribution in [3.8, 4) is 5.75 Å². The van der Waals surface area contributed by atoms with Crippen molar-refractivity contribution in [1.29, 1.82) is 0 Å². The Kier molecular flexibility index (Phi) is 7.64. The first-order valence-electron chi connectivity index (χ1n) is 7.20. The van der Waals surface area contributed by atoms with E-state index in [9.17, 15) is 28.1 Å². The zero-order chi connectivity index (χ0) is 19.5. The van der Waals surface area contributed by atoms with Crippen LogP contribution in [0.15, 0.2) is 42.5 Å². The molecule has 0 aliphatic carbocycles. The summed E-state index contributed by atoms with van der Waals surface area (Å²) in [6, 6.07) is 7.92. The van der Waals surface area contributed by atoms with Crippen LogP contribution in [0.1, 0.15) is 12.5 Å². The molecule has 139 valence electrons. The van der Waals surface area contributed by atoms with Gasteiger partial charge in [0.05, 0.1) is 10.5 Å². The van der Waals surface area contributed by atoms with Crippen molar-refractivity contribution in [2.24, 2.45) is 0 Å². The number of nitrogens with zero attached hydrogens (tertiary/aromatic N) is 1. The molecule has 1 radical (unpaired) electrons. The number of nitro groups is 1. The quantitative estimate of drug-likeness (QED) is 0.439. The Bertz CT molecular complexity index is 828. The van der Waals surface area contributed by atoms with Crippen molar-refractivity contribution in [3.63, 3.8) is 0 Å². The number of rotatable bonds is 6. The average molecular weight is 393 g/mol. The fourth-order valence-corrected chi connectivity index (χ4v) is 1.99. The molecule has 0 heterocycles. The van der Waals surface area contributed by atoms with E-state index in [0.717, 1.165) is 12.1 Å². The van der Waals surface area contributed by atoms with Crippen molar-refractivity contribution in [2.75, 3.05) is 5.32 Å².